The minimum absolute atomic E-state index is 0.201. The zero-order valence-corrected chi connectivity index (χ0v) is 14.3. The van der Waals surface area contributed by atoms with E-state index in [2.05, 4.69) is 4.90 Å². The van der Waals surface area contributed by atoms with Gasteiger partial charge in [-0.05, 0) is 54.8 Å². The molecule has 126 valence electrons. The normalized spacial score (nSPS) is 17.6. The quantitative estimate of drug-likeness (QED) is 0.890. The molecule has 0 spiro atoms. The third-order valence-corrected chi connectivity index (χ3v) is 4.79. The van der Waals surface area contributed by atoms with Crippen molar-refractivity contribution in [1.82, 2.24) is 0 Å². The number of hydrogen-bond donors (Lipinski definition) is 1. The van der Waals surface area contributed by atoms with Crippen LogP contribution in [-0.4, -0.2) is 31.3 Å². The van der Waals surface area contributed by atoms with Gasteiger partial charge in [-0.25, -0.2) is 4.79 Å². The van der Waals surface area contributed by atoms with Crippen LogP contribution in [0.5, 0.6) is 5.75 Å². The van der Waals surface area contributed by atoms with Crippen LogP contribution >= 0.6 is 11.6 Å². The smallest absolute Gasteiger partial charge is 0.339 e. The molecule has 0 aromatic heterocycles. The van der Waals surface area contributed by atoms with Crippen molar-refractivity contribution in [3.8, 4) is 5.75 Å². The molecule has 0 aliphatic carbocycles. The lowest BCUT2D eigenvalue weighted by atomic mass is 9.89. The van der Waals surface area contributed by atoms with Gasteiger partial charge >= 0.3 is 5.97 Å². The van der Waals surface area contributed by atoms with E-state index in [-0.39, 0.29) is 5.56 Å². The van der Waals surface area contributed by atoms with Crippen LogP contribution < -0.4 is 9.64 Å². The maximum atomic E-state index is 11.2. The molecule has 3 rings (SSSR count). The van der Waals surface area contributed by atoms with E-state index in [1.807, 2.05) is 36.4 Å². The summed E-state index contributed by atoms with van der Waals surface area (Å²) in [4.78, 5) is 13.6. The summed E-state index contributed by atoms with van der Waals surface area (Å²) in [6.07, 6.45) is 2.18. The van der Waals surface area contributed by atoms with Gasteiger partial charge in [-0.2, -0.15) is 0 Å². The van der Waals surface area contributed by atoms with Gasteiger partial charge in [-0.3, -0.25) is 0 Å². The Labute approximate surface area is 146 Å². The van der Waals surface area contributed by atoms with Crippen molar-refractivity contribution in [2.45, 2.75) is 18.8 Å². The first kappa shape index (κ1) is 16.7. The Kier molecular flexibility index (Phi) is 4.95. The maximum absolute atomic E-state index is 11.2. The molecule has 4 nitrogen and oxygen atoms in total. The molecule has 1 saturated heterocycles. The van der Waals surface area contributed by atoms with E-state index in [4.69, 9.17) is 16.3 Å². The van der Waals surface area contributed by atoms with E-state index in [1.54, 1.807) is 6.07 Å². The summed E-state index contributed by atoms with van der Waals surface area (Å²) in [7, 11) is 1.51. The third-order valence-electron chi connectivity index (χ3n) is 4.54. The molecule has 1 fully saturated rings. The Morgan fingerprint density at radius 3 is 2.67 bits per heavy atom. The van der Waals surface area contributed by atoms with E-state index >= 15 is 0 Å². The number of benzene rings is 2. The molecule has 2 aromatic rings. The molecule has 1 aliphatic heterocycles. The molecule has 24 heavy (non-hydrogen) atoms. The van der Waals surface area contributed by atoms with Crippen molar-refractivity contribution in [3.63, 3.8) is 0 Å². The Bertz CT molecular complexity index is 730. The lowest BCUT2D eigenvalue weighted by Gasteiger charge is -2.35. The van der Waals surface area contributed by atoms with Crippen LogP contribution in [0.25, 0.3) is 0 Å². The summed E-state index contributed by atoms with van der Waals surface area (Å²) < 4.78 is 5.25. The minimum atomic E-state index is -0.968. The summed E-state index contributed by atoms with van der Waals surface area (Å²) in [5.41, 5.74) is 2.49. The average molecular weight is 346 g/mol. The van der Waals surface area contributed by atoms with E-state index in [0.717, 1.165) is 36.5 Å². The standard InChI is InChI=1S/C19H20ClNO3/c1-24-18-11-13(4-9-17(18)19(22)23)14-3-2-10-21(12-14)16-7-5-15(20)6-8-16/h4-9,11,14H,2-3,10,12H2,1H3,(H,22,23). The van der Waals surface area contributed by atoms with E-state index in [9.17, 15) is 9.90 Å². The summed E-state index contributed by atoms with van der Waals surface area (Å²) in [5, 5.41) is 9.95. The number of aromatic carboxylic acids is 1. The van der Waals surface area contributed by atoms with Crippen molar-refractivity contribution < 1.29 is 14.6 Å². The highest BCUT2D eigenvalue weighted by atomic mass is 35.5. The molecule has 1 atom stereocenters. The van der Waals surface area contributed by atoms with Crippen LogP contribution in [0.4, 0.5) is 5.69 Å². The number of methoxy groups -OCH3 is 1. The van der Waals surface area contributed by atoms with Crippen LogP contribution in [0.3, 0.4) is 0 Å². The van der Waals surface area contributed by atoms with Gasteiger partial charge in [-0.15, -0.1) is 0 Å². The number of carboxylic acid groups (broad SMARTS) is 1. The highest BCUT2D eigenvalue weighted by Crippen LogP contribution is 2.33. The molecule has 1 aliphatic rings. The fourth-order valence-electron chi connectivity index (χ4n) is 3.27. The number of rotatable bonds is 4. The minimum Gasteiger partial charge on any atom is -0.496 e. The molecule has 0 radical (unpaired) electrons. The molecule has 0 bridgehead atoms. The monoisotopic (exact) mass is 345 g/mol. The predicted molar refractivity (Wildman–Crippen MR) is 95.6 cm³/mol. The third kappa shape index (κ3) is 3.49. The van der Waals surface area contributed by atoms with Gasteiger partial charge in [-0.1, -0.05) is 17.7 Å². The Hall–Kier alpha value is -2.20. The molecule has 0 saturated carbocycles. The topological polar surface area (TPSA) is 49.8 Å². The number of hydrogen-bond acceptors (Lipinski definition) is 3. The average Bonchev–Trinajstić information content (AvgIpc) is 2.61. The first-order valence-electron chi connectivity index (χ1n) is 8.00. The second kappa shape index (κ2) is 7.14. The molecular formula is C19H20ClNO3. The van der Waals surface area contributed by atoms with Crippen molar-refractivity contribution >= 4 is 23.3 Å². The predicted octanol–water partition coefficient (Wildman–Crippen LogP) is 4.43. The highest BCUT2D eigenvalue weighted by Gasteiger charge is 2.23. The van der Waals surface area contributed by atoms with Gasteiger partial charge in [0.05, 0.1) is 7.11 Å². The maximum Gasteiger partial charge on any atom is 0.339 e. The van der Waals surface area contributed by atoms with Gasteiger partial charge < -0.3 is 14.7 Å². The van der Waals surface area contributed by atoms with E-state index < -0.39 is 5.97 Å². The number of nitrogens with zero attached hydrogens (tertiary/aromatic N) is 1. The molecule has 1 heterocycles. The molecule has 1 N–H and O–H groups in total. The first-order chi connectivity index (χ1) is 11.6. The van der Waals surface area contributed by atoms with E-state index in [1.165, 1.54) is 12.8 Å². The van der Waals surface area contributed by atoms with Gasteiger partial charge in [0.15, 0.2) is 0 Å². The number of anilines is 1. The van der Waals surface area contributed by atoms with Crippen molar-refractivity contribution in [2.24, 2.45) is 0 Å². The first-order valence-corrected chi connectivity index (χ1v) is 8.38. The summed E-state index contributed by atoms with van der Waals surface area (Å²) in [6, 6.07) is 13.3. The Morgan fingerprint density at radius 2 is 2.00 bits per heavy atom. The highest BCUT2D eigenvalue weighted by molar-refractivity contribution is 6.30. The van der Waals surface area contributed by atoms with Crippen molar-refractivity contribution in [2.75, 3.05) is 25.1 Å². The number of carboxylic acids is 1. The second-order valence-corrected chi connectivity index (χ2v) is 6.46. The van der Waals surface area contributed by atoms with Crippen molar-refractivity contribution in [3.05, 3.63) is 58.6 Å². The van der Waals surface area contributed by atoms with Crippen LogP contribution in [0, 0.1) is 0 Å². The second-order valence-electron chi connectivity index (χ2n) is 6.03. The number of piperidine rings is 1. The molecule has 1 unspecified atom stereocenters. The summed E-state index contributed by atoms with van der Waals surface area (Å²) in [5.74, 6) is -0.195. The SMILES string of the molecule is COc1cc(C2CCCN(c3ccc(Cl)cc3)C2)ccc1C(=O)O. The van der Waals surface area contributed by atoms with Crippen LogP contribution in [-0.2, 0) is 0 Å². The summed E-state index contributed by atoms with van der Waals surface area (Å²) >= 11 is 5.97. The van der Waals surface area contributed by atoms with E-state index in [0.29, 0.717) is 11.7 Å². The van der Waals surface area contributed by atoms with Gasteiger partial charge in [0.25, 0.3) is 0 Å². The Morgan fingerprint density at radius 1 is 1.25 bits per heavy atom. The lowest BCUT2D eigenvalue weighted by molar-refractivity contribution is 0.0693. The fraction of sp³-hybridized carbons (Fsp3) is 0.316. The zero-order chi connectivity index (χ0) is 17.1. The molecule has 2 aromatic carbocycles. The molecule has 5 heteroatoms. The van der Waals surface area contributed by atoms with Gasteiger partial charge in [0, 0.05) is 29.7 Å². The van der Waals surface area contributed by atoms with Crippen LogP contribution in [0.15, 0.2) is 42.5 Å². The largest absolute Gasteiger partial charge is 0.496 e. The lowest BCUT2D eigenvalue weighted by Crippen LogP contribution is -2.34. The van der Waals surface area contributed by atoms with Crippen molar-refractivity contribution in [1.29, 1.82) is 0 Å². The molecular weight excluding hydrogens is 326 g/mol. The van der Waals surface area contributed by atoms with Crippen LogP contribution in [0.2, 0.25) is 5.02 Å². The number of carbonyl (C=O) groups is 1. The number of ether oxygens (including phenoxy) is 1. The van der Waals surface area contributed by atoms with Gasteiger partial charge in [0.2, 0.25) is 0 Å². The molecule has 0 amide bonds. The Balaban J connectivity index is 1.82. The summed E-state index contributed by atoms with van der Waals surface area (Å²) in [6.45, 7) is 1.92. The van der Waals surface area contributed by atoms with Crippen LogP contribution in [0.1, 0.15) is 34.7 Å². The fourth-order valence-corrected chi connectivity index (χ4v) is 3.40. The zero-order valence-electron chi connectivity index (χ0n) is 13.5. The van der Waals surface area contributed by atoms with Gasteiger partial charge in [0.1, 0.15) is 11.3 Å². The number of halogens is 1.